The van der Waals surface area contributed by atoms with E-state index in [1.54, 1.807) is 6.07 Å². The second-order valence-electron chi connectivity index (χ2n) is 4.17. The molecule has 1 fully saturated rings. The summed E-state index contributed by atoms with van der Waals surface area (Å²) in [6.45, 7) is 0. The maximum absolute atomic E-state index is 11.3. The Kier molecular flexibility index (Phi) is 3.44. The van der Waals surface area contributed by atoms with Crippen LogP contribution in [0.2, 0.25) is 5.02 Å². The first-order valence-corrected chi connectivity index (χ1v) is 7.54. The number of aromatic nitrogens is 1. The van der Waals surface area contributed by atoms with Gasteiger partial charge in [0.25, 0.3) is 0 Å². The van der Waals surface area contributed by atoms with E-state index in [1.807, 2.05) is 0 Å². The van der Waals surface area contributed by atoms with Crippen LogP contribution in [0.25, 0.3) is 0 Å². The van der Waals surface area contributed by atoms with Gasteiger partial charge >= 0.3 is 0 Å². The molecular formula is C10H14ClN3O2S. The summed E-state index contributed by atoms with van der Waals surface area (Å²) in [4.78, 5) is 4.09. The molecule has 1 saturated heterocycles. The van der Waals surface area contributed by atoms with Crippen LogP contribution in [0.3, 0.4) is 0 Å². The molecule has 0 aromatic carbocycles. The quantitative estimate of drug-likeness (QED) is 0.850. The molecule has 2 rings (SSSR count). The zero-order valence-electron chi connectivity index (χ0n) is 9.19. The van der Waals surface area contributed by atoms with Gasteiger partial charge in [0.1, 0.15) is 15.7 Å². The van der Waals surface area contributed by atoms with Gasteiger partial charge in [-0.2, -0.15) is 0 Å². The van der Waals surface area contributed by atoms with Crippen LogP contribution < -0.4 is 11.1 Å². The molecule has 0 radical (unpaired) electrons. The minimum atomic E-state index is -2.84. The standard InChI is InChI=1S/C10H14ClN3O2S/c11-9-5-7(12)6-13-10(9)14-8-1-3-17(15,16)4-2-8/h5-6,8H,1-4,12H2,(H,13,14). The lowest BCUT2D eigenvalue weighted by atomic mass is 10.1. The van der Waals surface area contributed by atoms with Crippen molar-refractivity contribution in [2.75, 3.05) is 22.6 Å². The minimum absolute atomic E-state index is 0.104. The van der Waals surface area contributed by atoms with Crippen LogP contribution in [0.4, 0.5) is 11.5 Å². The van der Waals surface area contributed by atoms with E-state index >= 15 is 0 Å². The van der Waals surface area contributed by atoms with E-state index in [2.05, 4.69) is 10.3 Å². The number of hydrogen-bond donors (Lipinski definition) is 2. The van der Waals surface area contributed by atoms with E-state index in [1.165, 1.54) is 6.20 Å². The summed E-state index contributed by atoms with van der Waals surface area (Å²) in [6.07, 6.45) is 2.70. The first kappa shape index (κ1) is 12.4. The number of nitrogens with zero attached hydrogens (tertiary/aromatic N) is 1. The summed E-state index contributed by atoms with van der Waals surface area (Å²) in [6, 6.07) is 1.73. The average Bonchev–Trinajstić information content (AvgIpc) is 2.25. The largest absolute Gasteiger partial charge is 0.397 e. The Morgan fingerprint density at radius 2 is 2.06 bits per heavy atom. The third kappa shape index (κ3) is 3.23. The normalized spacial score (nSPS) is 20.1. The van der Waals surface area contributed by atoms with E-state index in [0.717, 1.165) is 0 Å². The van der Waals surface area contributed by atoms with Gasteiger partial charge in [0, 0.05) is 6.04 Å². The van der Waals surface area contributed by atoms with Gasteiger partial charge in [-0.25, -0.2) is 13.4 Å². The first-order valence-electron chi connectivity index (χ1n) is 5.34. The Hall–Kier alpha value is -1.01. The Balaban J connectivity index is 2.02. The molecule has 1 aromatic heterocycles. The highest BCUT2D eigenvalue weighted by Crippen LogP contribution is 2.24. The number of sulfone groups is 1. The average molecular weight is 276 g/mol. The topological polar surface area (TPSA) is 85.1 Å². The van der Waals surface area contributed by atoms with Crippen LogP contribution in [0, 0.1) is 0 Å². The van der Waals surface area contributed by atoms with Gasteiger partial charge < -0.3 is 11.1 Å². The maximum Gasteiger partial charge on any atom is 0.150 e. The Morgan fingerprint density at radius 3 is 2.65 bits per heavy atom. The molecule has 0 bridgehead atoms. The molecule has 0 unspecified atom stereocenters. The van der Waals surface area contributed by atoms with Crippen LogP contribution in [0.5, 0.6) is 0 Å². The van der Waals surface area contributed by atoms with Crippen molar-refractivity contribution in [2.45, 2.75) is 18.9 Å². The smallest absolute Gasteiger partial charge is 0.150 e. The Labute approximate surface area is 105 Å². The summed E-state index contributed by atoms with van der Waals surface area (Å²) in [5.41, 5.74) is 6.05. The molecule has 94 valence electrons. The van der Waals surface area contributed by atoms with E-state index < -0.39 is 9.84 Å². The molecule has 2 heterocycles. The number of nitrogens with two attached hydrogens (primary N) is 1. The second-order valence-corrected chi connectivity index (χ2v) is 6.88. The maximum atomic E-state index is 11.3. The number of rotatable bonds is 2. The van der Waals surface area contributed by atoms with Gasteiger partial charge in [-0.3, -0.25) is 0 Å². The number of hydrogen-bond acceptors (Lipinski definition) is 5. The molecule has 1 aliphatic rings. The SMILES string of the molecule is Nc1cnc(NC2CCS(=O)(=O)CC2)c(Cl)c1. The Morgan fingerprint density at radius 1 is 1.41 bits per heavy atom. The Bertz CT molecular complexity index is 504. The predicted molar refractivity (Wildman–Crippen MR) is 69.0 cm³/mol. The molecule has 3 N–H and O–H groups in total. The highest BCUT2D eigenvalue weighted by Gasteiger charge is 2.24. The molecule has 1 aliphatic heterocycles. The first-order chi connectivity index (χ1) is 7.96. The van der Waals surface area contributed by atoms with Crippen LogP contribution in [0.15, 0.2) is 12.3 Å². The predicted octanol–water partition coefficient (Wildman–Crippen LogP) is 1.31. The third-order valence-electron chi connectivity index (χ3n) is 2.76. The number of pyridine rings is 1. The highest BCUT2D eigenvalue weighted by atomic mass is 35.5. The van der Waals surface area contributed by atoms with Gasteiger partial charge in [0.15, 0.2) is 0 Å². The van der Waals surface area contributed by atoms with Gasteiger partial charge in [-0.05, 0) is 18.9 Å². The van der Waals surface area contributed by atoms with E-state index in [0.29, 0.717) is 29.4 Å². The molecule has 0 atom stereocenters. The molecule has 0 spiro atoms. The number of anilines is 2. The van der Waals surface area contributed by atoms with E-state index in [4.69, 9.17) is 17.3 Å². The fraction of sp³-hybridized carbons (Fsp3) is 0.500. The number of halogens is 1. The van der Waals surface area contributed by atoms with Crippen molar-refractivity contribution < 1.29 is 8.42 Å². The van der Waals surface area contributed by atoms with Crippen molar-refractivity contribution in [1.82, 2.24) is 4.98 Å². The lowest BCUT2D eigenvalue weighted by Gasteiger charge is -2.23. The number of nitrogen functional groups attached to an aromatic ring is 1. The molecule has 0 aliphatic carbocycles. The molecule has 0 amide bonds. The van der Waals surface area contributed by atoms with Crippen molar-refractivity contribution in [3.05, 3.63) is 17.3 Å². The summed E-state index contributed by atoms with van der Waals surface area (Å²) in [5.74, 6) is 0.999. The van der Waals surface area contributed by atoms with Crippen LogP contribution in [-0.2, 0) is 9.84 Å². The lowest BCUT2D eigenvalue weighted by Crippen LogP contribution is -2.32. The van der Waals surface area contributed by atoms with E-state index in [-0.39, 0.29) is 17.5 Å². The van der Waals surface area contributed by atoms with Gasteiger partial charge in [0.2, 0.25) is 0 Å². The van der Waals surface area contributed by atoms with Crippen molar-refractivity contribution in [2.24, 2.45) is 0 Å². The van der Waals surface area contributed by atoms with Crippen LogP contribution in [0.1, 0.15) is 12.8 Å². The third-order valence-corrected chi connectivity index (χ3v) is 4.76. The summed E-state index contributed by atoms with van der Waals surface area (Å²) in [7, 11) is -2.84. The van der Waals surface area contributed by atoms with Gasteiger partial charge in [-0.15, -0.1) is 0 Å². The molecular weight excluding hydrogens is 262 g/mol. The number of nitrogens with one attached hydrogen (secondary N) is 1. The summed E-state index contributed by atoms with van der Waals surface area (Å²) >= 11 is 5.98. The van der Waals surface area contributed by atoms with E-state index in [9.17, 15) is 8.42 Å². The fourth-order valence-electron chi connectivity index (χ4n) is 1.79. The van der Waals surface area contributed by atoms with Gasteiger partial charge in [0.05, 0.1) is 28.4 Å². The monoisotopic (exact) mass is 275 g/mol. The molecule has 17 heavy (non-hydrogen) atoms. The second kappa shape index (κ2) is 4.70. The lowest BCUT2D eigenvalue weighted by molar-refractivity contribution is 0.559. The molecule has 7 heteroatoms. The minimum Gasteiger partial charge on any atom is -0.397 e. The molecule has 5 nitrogen and oxygen atoms in total. The van der Waals surface area contributed by atoms with Crippen molar-refractivity contribution in [1.29, 1.82) is 0 Å². The fourth-order valence-corrected chi connectivity index (χ4v) is 3.51. The molecule has 1 aromatic rings. The van der Waals surface area contributed by atoms with Gasteiger partial charge in [-0.1, -0.05) is 11.6 Å². The molecule has 0 saturated carbocycles. The zero-order chi connectivity index (χ0) is 12.5. The van der Waals surface area contributed by atoms with Crippen LogP contribution >= 0.6 is 11.6 Å². The van der Waals surface area contributed by atoms with Crippen molar-refractivity contribution >= 4 is 32.9 Å². The van der Waals surface area contributed by atoms with Crippen molar-refractivity contribution in [3.63, 3.8) is 0 Å². The zero-order valence-corrected chi connectivity index (χ0v) is 10.8. The summed E-state index contributed by atoms with van der Waals surface area (Å²) in [5, 5.41) is 3.61. The van der Waals surface area contributed by atoms with Crippen molar-refractivity contribution in [3.8, 4) is 0 Å². The summed E-state index contributed by atoms with van der Waals surface area (Å²) < 4.78 is 22.5. The van der Waals surface area contributed by atoms with Crippen LogP contribution in [-0.4, -0.2) is 30.9 Å². The highest BCUT2D eigenvalue weighted by molar-refractivity contribution is 7.91.